The van der Waals surface area contributed by atoms with E-state index in [1.807, 2.05) is 41.0 Å². The predicted octanol–water partition coefficient (Wildman–Crippen LogP) is 3.86. The van der Waals surface area contributed by atoms with E-state index >= 15 is 0 Å². The molecular weight excluding hydrogens is 308 g/mol. The van der Waals surface area contributed by atoms with Gasteiger partial charge < -0.3 is 10.1 Å². The van der Waals surface area contributed by atoms with E-state index in [-0.39, 0.29) is 0 Å². The molecule has 6 heteroatoms. The van der Waals surface area contributed by atoms with Gasteiger partial charge in [-0.05, 0) is 55.5 Å². The van der Waals surface area contributed by atoms with Gasteiger partial charge in [0, 0.05) is 11.4 Å². The van der Waals surface area contributed by atoms with E-state index in [0.29, 0.717) is 11.3 Å². The van der Waals surface area contributed by atoms with E-state index in [2.05, 4.69) is 34.6 Å². The molecule has 0 atom stereocenters. The van der Waals surface area contributed by atoms with Crippen LogP contribution in [-0.2, 0) is 6.54 Å². The third kappa shape index (κ3) is 3.43. The van der Waals surface area contributed by atoms with Gasteiger partial charge in [-0.15, -0.1) is 0 Å². The van der Waals surface area contributed by atoms with Crippen molar-refractivity contribution in [3.63, 3.8) is 0 Å². The highest BCUT2D eigenvalue weighted by Crippen LogP contribution is 2.17. The Morgan fingerprint density at radius 2 is 1.83 bits per heavy atom. The number of rotatable bonds is 5. The highest BCUT2D eigenvalue weighted by molar-refractivity contribution is 7.71. The average Bonchev–Trinajstić information content (AvgIpc) is 2.95. The lowest BCUT2D eigenvalue weighted by molar-refractivity contribution is 0.415. The van der Waals surface area contributed by atoms with Crippen LogP contribution >= 0.6 is 12.2 Å². The van der Waals surface area contributed by atoms with Crippen molar-refractivity contribution in [1.82, 2.24) is 14.8 Å². The Kier molecular flexibility index (Phi) is 4.43. The number of hydrogen-bond acceptors (Lipinski definition) is 4. The van der Waals surface area contributed by atoms with E-state index in [1.165, 1.54) is 5.56 Å². The molecular formula is C17H18N4OS. The minimum absolute atomic E-state index is 0.563. The van der Waals surface area contributed by atoms with Gasteiger partial charge >= 0.3 is 0 Å². The number of H-pyrrole nitrogens is 1. The number of nitrogens with zero attached hydrogens (tertiary/aromatic N) is 2. The molecule has 5 nitrogen and oxygen atoms in total. The van der Waals surface area contributed by atoms with E-state index in [0.717, 1.165) is 22.9 Å². The molecule has 0 fully saturated rings. The number of benzene rings is 2. The van der Waals surface area contributed by atoms with Gasteiger partial charge in [-0.25, -0.2) is 0 Å². The number of ether oxygens (including phenoxy) is 1. The second-order valence-corrected chi connectivity index (χ2v) is 5.58. The molecule has 0 unspecified atom stereocenters. The Morgan fingerprint density at radius 1 is 1.13 bits per heavy atom. The number of nitrogens with one attached hydrogen (secondary N) is 2. The van der Waals surface area contributed by atoms with Gasteiger partial charge in [-0.2, -0.15) is 5.10 Å². The highest BCUT2D eigenvalue weighted by Gasteiger charge is 2.08. The van der Waals surface area contributed by atoms with Crippen LogP contribution in [0.1, 0.15) is 11.4 Å². The smallest absolute Gasteiger partial charge is 0.199 e. The molecule has 3 aromatic rings. The molecule has 0 aliphatic rings. The quantitative estimate of drug-likeness (QED) is 0.699. The van der Waals surface area contributed by atoms with Crippen LogP contribution in [0.4, 0.5) is 5.69 Å². The zero-order valence-corrected chi connectivity index (χ0v) is 13.9. The fourth-order valence-electron chi connectivity index (χ4n) is 2.30. The summed E-state index contributed by atoms with van der Waals surface area (Å²) in [5, 5.41) is 10.5. The first-order chi connectivity index (χ1) is 11.2. The van der Waals surface area contributed by atoms with E-state index in [1.54, 1.807) is 7.11 Å². The van der Waals surface area contributed by atoms with E-state index in [9.17, 15) is 0 Å². The van der Waals surface area contributed by atoms with Gasteiger partial charge in [0.15, 0.2) is 10.6 Å². The predicted molar refractivity (Wildman–Crippen MR) is 93.8 cm³/mol. The number of aromatic nitrogens is 3. The molecule has 0 aliphatic carbocycles. The maximum Gasteiger partial charge on any atom is 0.199 e. The Bertz CT molecular complexity index is 834. The molecule has 0 radical (unpaired) electrons. The molecule has 2 N–H and O–H groups in total. The molecule has 118 valence electrons. The number of hydrogen-bond donors (Lipinski definition) is 2. The van der Waals surface area contributed by atoms with Crippen molar-refractivity contribution in [1.29, 1.82) is 0 Å². The normalized spacial score (nSPS) is 10.5. The van der Waals surface area contributed by atoms with Crippen molar-refractivity contribution in [2.75, 3.05) is 12.4 Å². The van der Waals surface area contributed by atoms with Crippen LogP contribution in [0.3, 0.4) is 0 Å². The van der Waals surface area contributed by atoms with Crippen LogP contribution in [0, 0.1) is 11.7 Å². The molecule has 0 amide bonds. The fourth-order valence-corrected chi connectivity index (χ4v) is 2.55. The SMILES string of the molecule is COc1ccc(NCc2n[nH]c(=S)n2-c2ccc(C)cc2)cc1. The van der Waals surface area contributed by atoms with Crippen molar-refractivity contribution < 1.29 is 4.74 Å². The summed E-state index contributed by atoms with van der Waals surface area (Å²) in [6.45, 7) is 2.62. The molecule has 0 aliphatic heterocycles. The van der Waals surface area contributed by atoms with Gasteiger partial charge in [0.1, 0.15) is 5.75 Å². The third-order valence-corrected chi connectivity index (χ3v) is 3.85. The number of methoxy groups -OCH3 is 1. The third-order valence-electron chi connectivity index (χ3n) is 3.57. The number of aryl methyl sites for hydroxylation is 1. The van der Waals surface area contributed by atoms with Crippen LogP contribution in [-0.4, -0.2) is 21.9 Å². The first-order valence-electron chi connectivity index (χ1n) is 7.28. The Balaban J connectivity index is 1.80. The van der Waals surface area contributed by atoms with E-state index < -0.39 is 0 Å². The maximum atomic E-state index is 5.35. The van der Waals surface area contributed by atoms with Gasteiger partial charge in [0.25, 0.3) is 0 Å². The summed E-state index contributed by atoms with van der Waals surface area (Å²) in [7, 11) is 1.65. The molecule has 3 rings (SSSR count). The van der Waals surface area contributed by atoms with Gasteiger partial charge in [0.05, 0.1) is 13.7 Å². The molecule has 1 aromatic heterocycles. The zero-order chi connectivity index (χ0) is 16.2. The lowest BCUT2D eigenvalue weighted by Crippen LogP contribution is -2.07. The van der Waals surface area contributed by atoms with Gasteiger partial charge in [0.2, 0.25) is 0 Å². The summed E-state index contributed by atoms with van der Waals surface area (Å²) in [5.74, 6) is 1.66. The molecule has 0 bridgehead atoms. The van der Waals surface area contributed by atoms with Crippen molar-refractivity contribution in [2.24, 2.45) is 0 Å². The summed E-state index contributed by atoms with van der Waals surface area (Å²) < 4.78 is 7.68. The summed E-state index contributed by atoms with van der Waals surface area (Å²) in [5.41, 5.74) is 3.21. The lowest BCUT2D eigenvalue weighted by atomic mass is 10.2. The largest absolute Gasteiger partial charge is 0.497 e. The molecule has 0 saturated heterocycles. The van der Waals surface area contributed by atoms with Gasteiger partial charge in [-0.1, -0.05) is 17.7 Å². The van der Waals surface area contributed by atoms with E-state index in [4.69, 9.17) is 17.0 Å². The Labute approximate surface area is 139 Å². The molecule has 2 aromatic carbocycles. The minimum Gasteiger partial charge on any atom is -0.497 e. The number of aromatic amines is 1. The first-order valence-corrected chi connectivity index (χ1v) is 7.69. The van der Waals surface area contributed by atoms with Crippen molar-refractivity contribution >= 4 is 17.9 Å². The van der Waals surface area contributed by atoms with Crippen LogP contribution in [0.15, 0.2) is 48.5 Å². The summed E-state index contributed by atoms with van der Waals surface area (Å²) in [6, 6.07) is 16.0. The summed E-state index contributed by atoms with van der Waals surface area (Å²) in [6.07, 6.45) is 0. The summed E-state index contributed by atoms with van der Waals surface area (Å²) >= 11 is 5.35. The molecule has 23 heavy (non-hydrogen) atoms. The van der Waals surface area contributed by atoms with Crippen molar-refractivity contribution in [3.8, 4) is 11.4 Å². The second-order valence-electron chi connectivity index (χ2n) is 5.20. The average molecular weight is 326 g/mol. The Morgan fingerprint density at radius 3 is 2.48 bits per heavy atom. The molecule has 1 heterocycles. The fraction of sp³-hybridized carbons (Fsp3) is 0.176. The molecule has 0 spiro atoms. The topological polar surface area (TPSA) is 54.9 Å². The minimum atomic E-state index is 0.563. The Hall–Kier alpha value is -2.60. The summed E-state index contributed by atoms with van der Waals surface area (Å²) in [4.78, 5) is 0. The highest BCUT2D eigenvalue weighted by atomic mass is 32.1. The molecule has 0 saturated carbocycles. The first kappa shape index (κ1) is 15.3. The standard InChI is InChI=1S/C17H18N4OS/c1-12-3-7-14(8-4-12)21-16(19-20-17(21)23)11-18-13-5-9-15(22-2)10-6-13/h3-10,18H,11H2,1-2H3,(H,20,23). The van der Waals surface area contributed by atoms with Crippen LogP contribution in [0.2, 0.25) is 0 Å². The monoisotopic (exact) mass is 326 g/mol. The lowest BCUT2D eigenvalue weighted by Gasteiger charge is -2.09. The maximum absolute atomic E-state index is 5.35. The van der Waals surface area contributed by atoms with Crippen molar-refractivity contribution in [3.05, 3.63) is 64.7 Å². The second kappa shape index (κ2) is 6.66. The van der Waals surface area contributed by atoms with Crippen LogP contribution in [0.25, 0.3) is 5.69 Å². The van der Waals surface area contributed by atoms with Crippen molar-refractivity contribution in [2.45, 2.75) is 13.5 Å². The van der Waals surface area contributed by atoms with Crippen LogP contribution in [0.5, 0.6) is 5.75 Å². The van der Waals surface area contributed by atoms with Crippen LogP contribution < -0.4 is 10.1 Å². The number of anilines is 1. The van der Waals surface area contributed by atoms with Gasteiger partial charge in [-0.3, -0.25) is 9.67 Å². The zero-order valence-electron chi connectivity index (χ0n) is 13.0.